The number of fused-ring (bicyclic) bond motifs is 2. The Hall–Kier alpha value is -2.19. The second kappa shape index (κ2) is 7.57. The van der Waals surface area contributed by atoms with E-state index in [-0.39, 0.29) is 5.91 Å². The standard InChI is InChI=1S/C22H22N4OS2/c23-19-18-17(16-7-4-10-28-16)14-8-9-26(11-13-5-2-1-3-6-13)12-15(14)25-22(18)29-20(19)21(24)27/h1-7,10,19-20H,8-9,11-12,23H2,(H2,24,27). The largest absolute Gasteiger partial charge is 0.369 e. The van der Waals surface area contributed by atoms with Crippen molar-refractivity contribution in [1.82, 2.24) is 9.88 Å². The molecule has 4 heterocycles. The van der Waals surface area contributed by atoms with E-state index in [0.29, 0.717) is 0 Å². The van der Waals surface area contributed by atoms with Crippen LogP contribution in [0.25, 0.3) is 10.4 Å². The number of nitrogens with zero attached hydrogens (tertiary/aromatic N) is 2. The molecular weight excluding hydrogens is 400 g/mol. The molecule has 1 aromatic carbocycles. The first-order valence-electron chi connectivity index (χ1n) is 9.69. The molecule has 4 N–H and O–H groups in total. The van der Waals surface area contributed by atoms with Gasteiger partial charge in [-0.1, -0.05) is 48.2 Å². The Bertz CT molecular complexity index is 1050. The number of carbonyl (C=O) groups excluding carboxylic acids is 1. The van der Waals surface area contributed by atoms with E-state index < -0.39 is 11.3 Å². The number of thioether (sulfide) groups is 1. The lowest BCUT2D eigenvalue weighted by molar-refractivity contribution is -0.117. The normalized spacial score (nSPS) is 21.0. The van der Waals surface area contributed by atoms with Crippen LogP contribution in [0.5, 0.6) is 0 Å². The van der Waals surface area contributed by atoms with Crippen molar-refractivity contribution in [2.24, 2.45) is 11.5 Å². The molecule has 1 amide bonds. The third kappa shape index (κ3) is 3.38. The number of rotatable bonds is 4. The molecule has 148 valence electrons. The quantitative estimate of drug-likeness (QED) is 0.674. The van der Waals surface area contributed by atoms with Crippen LogP contribution < -0.4 is 11.5 Å². The van der Waals surface area contributed by atoms with Crippen molar-refractivity contribution in [2.45, 2.75) is 35.8 Å². The van der Waals surface area contributed by atoms with E-state index in [4.69, 9.17) is 16.5 Å². The first-order valence-corrected chi connectivity index (χ1v) is 11.4. The first kappa shape index (κ1) is 18.8. The molecule has 5 rings (SSSR count). The number of hydrogen-bond donors (Lipinski definition) is 2. The smallest absolute Gasteiger partial charge is 0.232 e. The van der Waals surface area contributed by atoms with Gasteiger partial charge in [0.25, 0.3) is 0 Å². The highest BCUT2D eigenvalue weighted by Crippen LogP contribution is 2.49. The van der Waals surface area contributed by atoms with E-state index in [0.717, 1.165) is 42.3 Å². The van der Waals surface area contributed by atoms with E-state index in [1.165, 1.54) is 33.3 Å². The van der Waals surface area contributed by atoms with Gasteiger partial charge in [-0.2, -0.15) is 0 Å². The zero-order valence-corrected chi connectivity index (χ0v) is 17.5. The second-order valence-electron chi connectivity index (χ2n) is 7.52. The summed E-state index contributed by atoms with van der Waals surface area (Å²) in [7, 11) is 0. The Morgan fingerprint density at radius 3 is 2.76 bits per heavy atom. The summed E-state index contributed by atoms with van der Waals surface area (Å²) in [6.45, 7) is 2.68. The molecule has 5 nitrogen and oxygen atoms in total. The third-order valence-corrected chi connectivity index (χ3v) is 7.83. The Balaban J connectivity index is 1.55. The van der Waals surface area contributed by atoms with Crippen LogP contribution in [-0.4, -0.2) is 27.6 Å². The summed E-state index contributed by atoms with van der Waals surface area (Å²) in [6.07, 6.45) is 0.925. The van der Waals surface area contributed by atoms with Gasteiger partial charge in [0.1, 0.15) is 10.3 Å². The Labute approximate surface area is 178 Å². The van der Waals surface area contributed by atoms with Gasteiger partial charge in [0.15, 0.2) is 0 Å². The summed E-state index contributed by atoms with van der Waals surface area (Å²) in [6, 6.07) is 14.3. The van der Waals surface area contributed by atoms with Crippen molar-refractivity contribution in [3.8, 4) is 10.4 Å². The van der Waals surface area contributed by atoms with Crippen LogP contribution in [0.1, 0.15) is 28.4 Å². The summed E-state index contributed by atoms with van der Waals surface area (Å²) in [4.78, 5) is 20.5. The minimum absolute atomic E-state index is 0.374. The van der Waals surface area contributed by atoms with E-state index in [1.807, 2.05) is 6.07 Å². The van der Waals surface area contributed by atoms with Crippen molar-refractivity contribution in [1.29, 1.82) is 0 Å². The average molecular weight is 423 g/mol. The first-order chi connectivity index (χ1) is 14.1. The molecule has 3 aromatic rings. The number of nitrogens with two attached hydrogens (primary N) is 2. The minimum atomic E-state index is -0.458. The number of primary amides is 1. The van der Waals surface area contributed by atoms with Gasteiger partial charge in [-0.25, -0.2) is 4.98 Å². The molecule has 0 radical (unpaired) electrons. The number of pyridine rings is 1. The van der Waals surface area contributed by atoms with Gasteiger partial charge in [0, 0.05) is 35.6 Å². The van der Waals surface area contributed by atoms with Gasteiger partial charge in [-0.05, 0) is 29.0 Å². The predicted octanol–water partition coefficient (Wildman–Crippen LogP) is 3.33. The van der Waals surface area contributed by atoms with Crippen LogP contribution in [0.4, 0.5) is 0 Å². The maximum Gasteiger partial charge on any atom is 0.232 e. The zero-order chi connectivity index (χ0) is 20.0. The maximum atomic E-state index is 11.9. The summed E-state index contributed by atoms with van der Waals surface area (Å²) in [5, 5.41) is 2.49. The molecule has 29 heavy (non-hydrogen) atoms. The summed E-state index contributed by atoms with van der Waals surface area (Å²) in [5.41, 5.74) is 18.0. The van der Waals surface area contributed by atoms with Gasteiger partial charge in [0.05, 0.1) is 11.7 Å². The summed E-state index contributed by atoms with van der Waals surface area (Å²) >= 11 is 3.12. The number of thiophene rings is 1. The molecule has 0 saturated heterocycles. The second-order valence-corrected chi connectivity index (χ2v) is 9.60. The molecule has 2 aliphatic heterocycles. The average Bonchev–Trinajstić information content (AvgIpc) is 3.35. The minimum Gasteiger partial charge on any atom is -0.369 e. The van der Waals surface area contributed by atoms with Crippen molar-refractivity contribution in [2.75, 3.05) is 6.54 Å². The van der Waals surface area contributed by atoms with Crippen LogP contribution in [0.15, 0.2) is 52.9 Å². The highest BCUT2D eigenvalue weighted by Gasteiger charge is 2.40. The fraction of sp³-hybridized carbons (Fsp3) is 0.273. The van der Waals surface area contributed by atoms with Crippen LogP contribution >= 0.6 is 23.1 Å². The van der Waals surface area contributed by atoms with Gasteiger partial charge < -0.3 is 11.5 Å². The Morgan fingerprint density at radius 2 is 2.03 bits per heavy atom. The molecule has 2 unspecified atom stereocenters. The fourth-order valence-electron chi connectivity index (χ4n) is 4.28. The summed E-state index contributed by atoms with van der Waals surface area (Å²) in [5.74, 6) is -0.374. The Morgan fingerprint density at radius 1 is 1.21 bits per heavy atom. The van der Waals surface area contributed by atoms with E-state index in [9.17, 15) is 4.79 Å². The molecule has 2 aromatic heterocycles. The van der Waals surface area contributed by atoms with Crippen LogP contribution in [0.3, 0.4) is 0 Å². The Kier molecular flexibility index (Phi) is 4.91. The molecule has 0 saturated carbocycles. The highest BCUT2D eigenvalue weighted by atomic mass is 32.2. The number of carbonyl (C=O) groups is 1. The SMILES string of the molecule is NC(=O)C1Sc2nc3c(c(-c4cccs4)c2C1N)CCN(Cc1ccccc1)C3. The van der Waals surface area contributed by atoms with E-state index in [2.05, 4.69) is 46.7 Å². The van der Waals surface area contributed by atoms with Crippen LogP contribution in [-0.2, 0) is 24.3 Å². The predicted molar refractivity (Wildman–Crippen MR) is 118 cm³/mol. The van der Waals surface area contributed by atoms with Crippen molar-refractivity contribution < 1.29 is 4.79 Å². The highest BCUT2D eigenvalue weighted by molar-refractivity contribution is 8.01. The molecule has 7 heteroatoms. The van der Waals surface area contributed by atoms with Gasteiger partial charge in [0.2, 0.25) is 5.91 Å². The number of benzene rings is 1. The van der Waals surface area contributed by atoms with Crippen molar-refractivity contribution in [3.05, 3.63) is 70.2 Å². The van der Waals surface area contributed by atoms with Crippen molar-refractivity contribution in [3.63, 3.8) is 0 Å². The van der Waals surface area contributed by atoms with Crippen LogP contribution in [0, 0.1) is 0 Å². The number of aromatic nitrogens is 1. The van der Waals surface area contributed by atoms with Gasteiger partial charge in [-0.3, -0.25) is 9.69 Å². The molecule has 2 atom stereocenters. The number of amides is 1. The number of hydrogen-bond acceptors (Lipinski definition) is 6. The van der Waals surface area contributed by atoms with E-state index >= 15 is 0 Å². The third-order valence-electron chi connectivity index (χ3n) is 5.63. The fourth-order valence-corrected chi connectivity index (χ4v) is 6.26. The van der Waals surface area contributed by atoms with Crippen LogP contribution in [0.2, 0.25) is 0 Å². The molecule has 0 spiro atoms. The zero-order valence-electron chi connectivity index (χ0n) is 15.9. The molecule has 2 aliphatic rings. The maximum absolute atomic E-state index is 11.9. The lowest BCUT2D eigenvalue weighted by Gasteiger charge is -2.30. The van der Waals surface area contributed by atoms with Gasteiger partial charge in [-0.15, -0.1) is 11.3 Å². The van der Waals surface area contributed by atoms with Gasteiger partial charge >= 0.3 is 0 Å². The topological polar surface area (TPSA) is 85.2 Å². The molecule has 0 fully saturated rings. The monoisotopic (exact) mass is 422 g/mol. The molecule has 0 aliphatic carbocycles. The van der Waals surface area contributed by atoms with E-state index in [1.54, 1.807) is 11.3 Å². The lowest BCUT2D eigenvalue weighted by atomic mass is 9.90. The molecule has 0 bridgehead atoms. The molecular formula is C22H22N4OS2. The summed E-state index contributed by atoms with van der Waals surface area (Å²) < 4.78 is 0. The lowest BCUT2D eigenvalue weighted by Crippen LogP contribution is -2.33. The van der Waals surface area contributed by atoms with Crippen molar-refractivity contribution >= 4 is 29.0 Å².